The van der Waals surface area contributed by atoms with Crippen LogP contribution >= 0.6 is 0 Å². The van der Waals surface area contributed by atoms with E-state index >= 15 is 0 Å². The van der Waals surface area contributed by atoms with Crippen molar-refractivity contribution >= 4 is 84.0 Å². The molecule has 0 saturated heterocycles. The Morgan fingerprint density at radius 1 is 0.413 bits per heavy atom. The number of nitrogens with zero attached hydrogens (tertiary/aromatic N) is 4. The second-order valence-electron chi connectivity index (χ2n) is 17.6. The van der Waals surface area contributed by atoms with Gasteiger partial charge in [0.1, 0.15) is 0 Å². The summed E-state index contributed by atoms with van der Waals surface area (Å²) >= 11 is 0. The Morgan fingerprint density at radius 3 is 1.33 bits per heavy atom. The first kappa shape index (κ1) is 37.2. The monoisotopic (exact) mass is 812 g/mol. The van der Waals surface area contributed by atoms with Crippen molar-refractivity contribution in [2.75, 3.05) is 33.7 Å². The predicted molar refractivity (Wildman–Crippen MR) is 269 cm³/mol. The summed E-state index contributed by atoms with van der Waals surface area (Å²) in [6, 6.07) is 58.9. The number of para-hydroxylation sites is 8. The third kappa shape index (κ3) is 5.74. The van der Waals surface area contributed by atoms with E-state index in [2.05, 4.69) is 248 Å². The van der Waals surface area contributed by atoms with E-state index < -0.39 is 0 Å². The molecule has 0 saturated carbocycles. The summed E-state index contributed by atoms with van der Waals surface area (Å²) in [5, 5.41) is 4.99. The lowest BCUT2D eigenvalue weighted by Gasteiger charge is -2.39. The zero-order chi connectivity index (χ0) is 42.3. The van der Waals surface area contributed by atoms with E-state index in [1.807, 2.05) is 0 Å². The molecule has 8 aromatic carbocycles. The molecular formula is C59H48N4. The van der Waals surface area contributed by atoms with E-state index in [0.717, 1.165) is 11.4 Å². The van der Waals surface area contributed by atoms with Crippen molar-refractivity contribution in [3.8, 4) is 11.1 Å². The summed E-state index contributed by atoms with van der Waals surface area (Å²) < 4.78 is 0. The number of hydrogen-bond acceptors (Lipinski definition) is 4. The average Bonchev–Trinajstić information content (AvgIpc) is 3.33. The minimum atomic E-state index is 0.215. The number of benzene rings is 8. The number of anilines is 10. The molecule has 0 aromatic heterocycles. The van der Waals surface area contributed by atoms with Crippen LogP contribution in [0.5, 0.6) is 0 Å². The van der Waals surface area contributed by atoms with Crippen molar-refractivity contribution in [1.29, 1.82) is 0 Å². The standard InChI is InChI=1S/C59H48N4/c1-38(2)39-28-30-41(31-29-39)58-46-34-32-43(63-56-26-13-9-22-52(56)61(4)53-23-10-14-27-57(53)63)37-49(46)59(45-19-15-17-40-16-5-6-18-44(40)45)47-35-33-42(36-48(47)58)62-54-24-11-7-20-50(54)60(3)51-21-8-12-25-55(51)62/h5-38,40,44H,1-4H3. The average molecular weight is 813 g/mol. The molecule has 0 radical (unpaired) electrons. The largest absolute Gasteiger partial charge is 0.341 e. The maximum absolute atomic E-state index is 2.48. The fraction of sp³-hybridized carbons (Fsp3) is 0.119. The molecule has 304 valence electrons. The van der Waals surface area contributed by atoms with Gasteiger partial charge in [0.15, 0.2) is 0 Å². The van der Waals surface area contributed by atoms with Crippen LogP contribution in [0.15, 0.2) is 200 Å². The third-order valence-electron chi connectivity index (χ3n) is 13.8. The highest BCUT2D eigenvalue weighted by Gasteiger charge is 2.32. The Bertz CT molecular complexity index is 3180. The molecule has 4 heteroatoms. The third-order valence-corrected chi connectivity index (χ3v) is 13.8. The number of hydrogen-bond donors (Lipinski definition) is 0. The fourth-order valence-electron chi connectivity index (χ4n) is 10.7. The second kappa shape index (κ2) is 14.5. The molecule has 0 amide bonds. The molecule has 63 heavy (non-hydrogen) atoms. The van der Waals surface area contributed by atoms with Gasteiger partial charge in [-0.15, -0.1) is 0 Å². The first-order valence-corrected chi connectivity index (χ1v) is 22.3. The summed E-state index contributed by atoms with van der Waals surface area (Å²) in [6.45, 7) is 4.55. The van der Waals surface area contributed by atoms with Gasteiger partial charge in [0.05, 0.1) is 45.5 Å². The molecule has 2 unspecified atom stereocenters. The molecule has 0 fully saturated rings. The molecule has 4 nitrogen and oxygen atoms in total. The Morgan fingerprint density at radius 2 is 0.841 bits per heavy atom. The maximum atomic E-state index is 2.48. The quantitative estimate of drug-likeness (QED) is 0.161. The second-order valence-corrected chi connectivity index (χ2v) is 17.6. The van der Waals surface area contributed by atoms with Crippen LogP contribution in [-0.2, 0) is 0 Å². The van der Waals surface area contributed by atoms with Crippen LogP contribution < -0.4 is 19.6 Å². The molecule has 12 rings (SSSR count). The smallest absolute Gasteiger partial charge is 0.0699 e. The van der Waals surface area contributed by atoms with Crippen molar-refractivity contribution in [2.45, 2.75) is 19.8 Å². The summed E-state index contributed by atoms with van der Waals surface area (Å²) in [4.78, 5) is 9.55. The Labute approximate surface area is 370 Å². The van der Waals surface area contributed by atoms with Crippen LogP contribution in [-0.4, -0.2) is 14.1 Å². The summed E-state index contributed by atoms with van der Waals surface area (Å²) in [7, 11) is 4.35. The van der Waals surface area contributed by atoms with E-state index in [4.69, 9.17) is 0 Å². The van der Waals surface area contributed by atoms with Crippen LogP contribution in [0.2, 0.25) is 0 Å². The highest BCUT2D eigenvalue weighted by atomic mass is 15.3. The van der Waals surface area contributed by atoms with E-state index in [9.17, 15) is 0 Å². The summed E-state index contributed by atoms with van der Waals surface area (Å²) in [6.07, 6.45) is 16.2. The molecule has 2 heterocycles. The van der Waals surface area contributed by atoms with Crippen molar-refractivity contribution < 1.29 is 0 Å². The topological polar surface area (TPSA) is 13.0 Å². The molecule has 0 spiro atoms. The van der Waals surface area contributed by atoms with Crippen LogP contribution in [0.4, 0.5) is 56.9 Å². The van der Waals surface area contributed by atoms with Crippen LogP contribution in [0.1, 0.15) is 30.9 Å². The molecule has 4 aliphatic rings. The lowest BCUT2D eigenvalue weighted by Crippen LogP contribution is -2.24. The lowest BCUT2D eigenvalue weighted by molar-refractivity contribution is 0.679. The zero-order valence-electron chi connectivity index (χ0n) is 36.1. The first-order valence-electron chi connectivity index (χ1n) is 22.3. The maximum Gasteiger partial charge on any atom is 0.0699 e. The SMILES string of the molecule is CC(C)c1ccc(-c2c3ccc(N4c5ccccc5N(C)c5ccccc54)cc3c(C3=CC=CC4C=CC=CC34)c3ccc(N4c5ccccc5N(C)c5ccccc54)cc23)cc1. The van der Waals surface area contributed by atoms with E-state index in [1.54, 1.807) is 0 Å². The highest BCUT2D eigenvalue weighted by Crippen LogP contribution is 2.55. The molecule has 8 aromatic rings. The molecule has 2 aliphatic carbocycles. The van der Waals surface area contributed by atoms with Crippen LogP contribution in [0.3, 0.4) is 0 Å². The van der Waals surface area contributed by atoms with Gasteiger partial charge in [-0.25, -0.2) is 0 Å². The van der Waals surface area contributed by atoms with Gasteiger partial charge in [0, 0.05) is 37.3 Å². The van der Waals surface area contributed by atoms with Crippen LogP contribution in [0.25, 0.3) is 38.2 Å². The number of fused-ring (bicyclic) bond motifs is 7. The number of allylic oxidation sites excluding steroid dienone is 8. The van der Waals surface area contributed by atoms with Crippen molar-refractivity contribution in [1.82, 2.24) is 0 Å². The van der Waals surface area contributed by atoms with E-state index in [1.165, 1.54) is 94.9 Å². The Balaban J connectivity index is 1.18. The van der Waals surface area contributed by atoms with Gasteiger partial charge < -0.3 is 19.6 Å². The molecular weight excluding hydrogens is 765 g/mol. The van der Waals surface area contributed by atoms with E-state index in [-0.39, 0.29) is 5.92 Å². The Hall–Kier alpha value is -7.56. The fourth-order valence-corrected chi connectivity index (χ4v) is 10.7. The van der Waals surface area contributed by atoms with Gasteiger partial charge in [0.25, 0.3) is 0 Å². The van der Waals surface area contributed by atoms with Gasteiger partial charge in [-0.3, -0.25) is 0 Å². The predicted octanol–water partition coefficient (Wildman–Crippen LogP) is 16.2. The van der Waals surface area contributed by atoms with Crippen molar-refractivity contribution in [3.63, 3.8) is 0 Å². The summed E-state index contributed by atoms with van der Waals surface area (Å²) in [5.74, 6) is 0.945. The van der Waals surface area contributed by atoms with E-state index in [0.29, 0.717) is 11.8 Å². The van der Waals surface area contributed by atoms with Crippen LogP contribution in [0, 0.1) is 11.8 Å². The molecule has 2 atom stereocenters. The lowest BCUT2D eigenvalue weighted by atomic mass is 9.74. The summed E-state index contributed by atoms with van der Waals surface area (Å²) in [5.41, 5.74) is 18.1. The number of rotatable bonds is 5. The first-order chi connectivity index (χ1) is 30.9. The highest BCUT2D eigenvalue weighted by molar-refractivity contribution is 6.21. The molecule has 2 aliphatic heterocycles. The Kier molecular flexibility index (Phi) is 8.58. The molecule has 0 bridgehead atoms. The van der Waals surface area contributed by atoms with Gasteiger partial charge in [-0.05, 0) is 128 Å². The van der Waals surface area contributed by atoms with Gasteiger partial charge in [-0.1, -0.05) is 141 Å². The van der Waals surface area contributed by atoms with Crippen molar-refractivity contribution in [3.05, 3.63) is 211 Å². The van der Waals surface area contributed by atoms with Gasteiger partial charge in [-0.2, -0.15) is 0 Å². The minimum Gasteiger partial charge on any atom is -0.341 e. The molecule has 0 N–H and O–H groups in total. The van der Waals surface area contributed by atoms with Gasteiger partial charge in [0.2, 0.25) is 0 Å². The van der Waals surface area contributed by atoms with Crippen molar-refractivity contribution in [2.24, 2.45) is 11.8 Å². The normalized spacial score (nSPS) is 17.1. The minimum absolute atomic E-state index is 0.215. The zero-order valence-corrected chi connectivity index (χ0v) is 36.1. The van der Waals surface area contributed by atoms with Gasteiger partial charge >= 0.3 is 0 Å².